The number of nitrogens with one attached hydrogen (secondary N) is 1. The van der Waals surface area contributed by atoms with Gasteiger partial charge in [-0.25, -0.2) is 4.98 Å². The predicted molar refractivity (Wildman–Crippen MR) is 65.0 cm³/mol. The molecule has 6 heteroatoms. The summed E-state index contributed by atoms with van der Waals surface area (Å²) in [6.45, 7) is 1.37. The third kappa shape index (κ3) is 2.26. The summed E-state index contributed by atoms with van der Waals surface area (Å²) in [6.07, 6.45) is 1.62. The molecule has 1 unspecified atom stereocenters. The van der Waals surface area contributed by atoms with Crippen LogP contribution in [0.25, 0.3) is 0 Å². The van der Waals surface area contributed by atoms with Crippen molar-refractivity contribution in [3.63, 3.8) is 0 Å². The van der Waals surface area contributed by atoms with Gasteiger partial charge in [0.2, 0.25) is 5.91 Å². The zero-order valence-corrected chi connectivity index (χ0v) is 10.1. The lowest BCUT2D eigenvalue weighted by atomic mass is 10.1. The fraction of sp³-hybridized carbons (Fsp3) is 0.417. The molecule has 94 valence electrons. The van der Waals surface area contributed by atoms with Gasteiger partial charge >= 0.3 is 0 Å². The number of carbonyl (C=O) groups excluding carboxylic acids is 1. The molecule has 0 radical (unpaired) electrons. The Labute approximate surface area is 105 Å². The first kappa shape index (κ1) is 12.3. The van der Waals surface area contributed by atoms with E-state index in [1.54, 1.807) is 25.4 Å². The van der Waals surface area contributed by atoms with Crippen LogP contribution in [0.2, 0.25) is 0 Å². The molecule has 2 heterocycles. The highest BCUT2D eigenvalue weighted by atomic mass is 16.5. The molecule has 1 aromatic rings. The van der Waals surface area contributed by atoms with Crippen LogP contribution in [-0.4, -0.2) is 43.7 Å². The van der Waals surface area contributed by atoms with Crippen molar-refractivity contribution >= 4 is 11.7 Å². The topological polar surface area (TPSA) is 78.2 Å². The summed E-state index contributed by atoms with van der Waals surface area (Å²) in [5, 5.41) is 11.7. The number of amides is 1. The first-order chi connectivity index (χ1) is 8.77. The van der Waals surface area contributed by atoms with Crippen LogP contribution >= 0.6 is 0 Å². The number of carbonyl (C=O) groups is 1. The molecule has 0 aliphatic carbocycles. The van der Waals surface area contributed by atoms with Crippen molar-refractivity contribution in [3.05, 3.63) is 23.9 Å². The largest absolute Gasteiger partial charge is 0.377 e. The summed E-state index contributed by atoms with van der Waals surface area (Å²) in [7, 11) is 1.58. The van der Waals surface area contributed by atoms with E-state index >= 15 is 0 Å². The van der Waals surface area contributed by atoms with Gasteiger partial charge < -0.3 is 15.0 Å². The van der Waals surface area contributed by atoms with Crippen LogP contribution in [0.3, 0.4) is 0 Å². The van der Waals surface area contributed by atoms with Crippen LogP contribution < -0.4 is 10.2 Å². The SMILES string of the molecule is CNC(=O)C1COCCN1c1ncccc1C#N. The van der Waals surface area contributed by atoms with Crippen molar-refractivity contribution in [2.75, 3.05) is 31.7 Å². The van der Waals surface area contributed by atoms with Gasteiger partial charge in [-0.1, -0.05) is 0 Å². The van der Waals surface area contributed by atoms with Crippen molar-refractivity contribution in [2.24, 2.45) is 0 Å². The van der Waals surface area contributed by atoms with E-state index in [-0.39, 0.29) is 5.91 Å². The molecule has 0 saturated carbocycles. The highest BCUT2D eigenvalue weighted by Gasteiger charge is 2.30. The fourth-order valence-corrected chi connectivity index (χ4v) is 1.95. The standard InChI is InChI=1S/C12H14N4O2/c1-14-12(17)10-8-18-6-5-16(10)11-9(7-13)3-2-4-15-11/h2-4,10H,5-6,8H2,1H3,(H,14,17). The molecule has 0 aromatic carbocycles. The maximum absolute atomic E-state index is 11.8. The monoisotopic (exact) mass is 246 g/mol. The summed E-state index contributed by atoms with van der Waals surface area (Å²) < 4.78 is 5.32. The molecule has 1 atom stereocenters. The lowest BCUT2D eigenvalue weighted by Crippen LogP contribution is -2.53. The van der Waals surface area contributed by atoms with Gasteiger partial charge in [0.15, 0.2) is 0 Å². The van der Waals surface area contributed by atoms with Gasteiger partial charge in [-0.05, 0) is 12.1 Å². The third-order valence-electron chi connectivity index (χ3n) is 2.86. The van der Waals surface area contributed by atoms with Crippen LogP contribution in [0.4, 0.5) is 5.82 Å². The zero-order chi connectivity index (χ0) is 13.0. The number of aromatic nitrogens is 1. The normalized spacial score (nSPS) is 19.1. The number of morpholine rings is 1. The molecule has 1 amide bonds. The van der Waals surface area contributed by atoms with E-state index < -0.39 is 6.04 Å². The van der Waals surface area contributed by atoms with Crippen LogP contribution in [-0.2, 0) is 9.53 Å². The highest BCUT2D eigenvalue weighted by molar-refractivity contribution is 5.85. The minimum Gasteiger partial charge on any atom is -0.377 e. The molecular formula is C12H14N4O2. The Morgan fingerprint density at radius 2 is 2.56 bits per heavy atom. The molecule has 1 N–H and O–H groups in total. The van der Waals surface area contributed by atoms with Gasteiger partial charge in [0.05, 0.1) is 18.8 Å². The Hall–Kier alpha value is -2.13. The van der Waals surface area contributed by atoms with Crippen LogP contribution in [0.5, 0.6) is 0 Å². The van der Waals surface area contributed by atoms with Gasteiger partial charge in [0, 0.05) is 19.8 Å². The number of hydrogen-bond acceptors (Lipinski definition) is 5. The molecule has 1 fully saturated rings. The third-order valence-corrected chi connectivity index (χ3v) is 2.86. The summed E-state index contributed by atoms with van der Waals surface area (Å²) in [5.41, 5.74) is 0.466. The molecule has 0 spiro atoms. The molecule has 6 nitrogen and oxygen atoms in total. The highest BCUT2D eigenvalue weighted by Crippen LogP contribution is 2.21. The Balaban J connectivity index is 2.34. The molecule has 18 heavy (non-hydrogen) atoms. The molecular weight excluding hydrogens is 232 g/mol. The average Bonchev–Trinajstić information content (AvgIpc) is 2.46. The lowest BCUT2D eigenvalue weighted by Gasteiger charge is -2.35. The Morgan fingerprint density at radius 3 is 3.28 bits per heavy atom. The van der Waals surface area contributed by atoms with Gasteiger partial charge in [0.25, 0.3) is 0 Å². The minimum absolute atomic E-state index is 0.135. The van der Waals surface area contributed by atoms with E-state index in [4.69, 9.17) is 10.00 Å². The summed E-state index contributed by atoms with van der Waals surface area (Å²) in [4.78, 5) is 17.8. The molecule has 1 aliphatic heterocycles. The summed E-state index contributed by atoms with van der Waals surface area (Å²) in [5.74, 6) is 0.404. The second-order valence-electron chi connectivity index (χ2n) is 3.88. The Morgan fingerprint density at radius 1 is 1.72 bits per heavy atom. The molecule has 1 saturated heterocycles. The number of pyridine rings is 1. The van der Waals surface area contributed by atoms with E-state index in [0.29, 0.717) is 31.1 Å². The molecule has 2 rings (SSSR count). The zero-order valence-electron chi connectivity index (χ0n) is 10.1. The van der Waals surface area contributed by atoms with Crippen LogP contribution in [0.1, 0.15) is 5.56 Å². The van der Waals surface area contributed by atoms with Gasteiger partial charge in [-0.3, -0.25) is 4.79 Å². The number of nitrogens with zero attached hydrogens (tertiary/aromatic N) is 3. The second kappa shape index (κ2) is 5.47. The van der Waals surface area contributed by atoms with Gasteiger partial charge in [0.1, 0.15) is 17.9 Å². The fourth-order valence-electron chi connectivity index (χ4n) is 1.95. The smallest absolute Gasteiger partial charge is 0.244 e. The number of ether oxygens (including phenoxy) is 1. The number of rotatable bonds is 2. The van der Waals surface area contributed by atoms with E-state index in [0.717, 1.165) is 0 Å². The summed E-state index contributed by atoms with van der Waals surface area (Å²) in [6, 6.07) is 5.05. The molecule has 0 bridgehead atoms. The number of likely N-dealkylation sites (N-methyl/N-ethyl adjacent to an activating group) is 1. The van der Waals surface area contributed by atoms with E-state index in [9.17, 15) is 4.79 Å². The van der Waals surface area contributed by atoms with Crippen molar-refractivity contribution in [2.45, 2.75) is 6.04 Å². The van der Waals surface area contributed by atoms with Crippen molar-refractivity contribution in [1.82, 2.24) is 10.3 Å². The quantitative estimate of drug-likeness (QED) is 0.788. The van der Waals surface area contributed by atoms with E-state index in [1.165, 1.54) is 0 Å². The number of hydrogen-bond donors (Lipinski definition) is 1. The second-order valence-corrected chi connectivity index (χ2v) is 3.88. The Bertz CT molecular complexity index is 483. The van der Waals surface area contributed by atoms with E-state index in [1.807, 2.05) is 4.90 Å². The first-order valence-corrected chi connectivity index (χ1v) is 5.69. The van der Waals surface area contributed by atoms with Crippen molar-refractivity contribution < 1.29 is 9.53 Å². The van der Waals surface area contributed by atoms with Gasteiger partial charge in [-0.2, -0.15) is 5.26 Å². The van der Waals surface area contributed by atoms with Crippen LogP contribution in [0, 0.1) is 11.3 Å². The summed E-state index contributed by atoms with van der Waals surface area (Å²) >= 11 is 0. The average molecular weight is 246 g/mol. The van der Waals surface area contributed by atoms with Crippen LogP contribution in [0.15, 0.2) is 18.3 Å². The van der Waals surface area contributed by atoms with E-state index in [2.05, 4.69) is 16.4 Å². The van der Waals surface area contributed by atoms with Crippen molar-refractivity contribution in [1.29, 1.82) is 5.26 Å². The maximum Gasteiger partial charge on any atom is 0.244 e. The predicted octanol–water partition coefficient (Wildman–Crippen LogP) is -0.0955. The minimum atomic E-state index is -0.439. The van der Waals surface area contributed by atoms with Crippen molar-refractivity contribution in [3.8, 4) is 6.07 Å². The van der Waals surface area contributed by atoms with Gasteiger partial charge in [-0.15, -0.1) is 0 Å². The molecule has 1 aliphatic rings. The molecule has 1 aromatic heterocycles. The Kier molecular flexibility index (Phi) is 3.75. The maximum atomic E-state index is 11.8. The number of nitriles is 1. The first-order valence-electron chi connectivity index (χ1n) is 5.69. The number of anilines is 1. The lowest BCUT2D eigenvalue weighted by molar-refractivity contribution is -0.124.